The third-order valence-corrected chi connectivity index (χ3v) is 4.66. The van der Waals surface area contributed by atoms with Crippen LogP contribution in [0.3, 0.4) is 0 Å². The molecule has 0 spiro atoms. The van der Waals surface area contributed by atoms with Crippen LogP contribution >= 0.6 is 0 Å². The molecular weight excluding hydrogens is 318 g/mol. The fraction of sp³-hybridized carbons (Fsp3) is 0.263. The average Bonchev–Trinajstić information content (AvgIpc) is 3.22. The van der Waals surface area contributed by atoms with Crippen LogP contribution in [0.15, 0.2) is 47.1 Å². The Balaban J connectivity index is 1.39. The average molecular weight is 337 g/mol. The van der Waals surface area contributed by atoms with Gasteiger partial charge in [-0.2, -0.15) is 0 Å². The minimum absolute atomic E-state index is 0.00757. The number of nitrogens with one attached hydrogen (secondary N) is 2. The molecule has 1 aliphatic heterocycles. The topological polar surface area (TPSA) is 78.3 Å². The summed E-state index contributed by atoms with van der Waals surface area (Å²) in [6.45, 7) is 3.14. The summed E-state index contributed by atoms with van der Waals surface area (Å²) in [7, 11) is 0. The molecule has 1 aliphatic rings. The van der Waals surface area contributed by atoms with Gasteiger partial charge < -0.3 is 19.6 Å². The molecule has 0 bridgehead atoms. The Morgan fingerprint density at radius 3 is 2.92 bits per heavy atom. The minimum atomic E-state index is -0.161. The van der Waals surface area contributed by atoms with Gasteiger partial charge in [0.05, 0.1) is 12.3 Å². The van der Waals surface area contributed by atoms with Crippen molar-refractivity contribution in [2.45, 2.75) is 19.4 Å². The van der Waals surface area contributed by atoms with E-state index in [9.17, 15) is 9.59 Å². The Hall–Kier alpha value is -3.02. The first-order valence-corrected chi connectivity index (χ1v) is 8.34. The van der Waals surface area contributed by atoms with Gasteiger partial charge in [0.25, 0.3) is 11.8 Å². The first kappa shape index (κ1) is 15.5. The molecule has 4 rings (SSSR count). The van der Waals surface area contributed by atoms with Crippen molar-refractivity contribution in [3.8, 4) is 0 Å². The largest absolute Gasteiger partial charge is 0.459 e. The van der Waals surface area contributed by atoms with Crippen LogP contribution in [0, 0.1) is 6.92 Å². The fourth-order valence-electron chi connectivity index (χ4n) is 3.14. The number of H-pyrrole nitrogens is 1. The molecule has 2 aromatic heterocycles. The molecule has 1 atom stereocenters. The van der Waals surface area contributed by atoms with E-state index in [0.29, 0.717) is 24.5 Å². The quantitative estimate of drug-likeness (QED) is 0.768. The molecule has 3 aromatic rings. The number of aromatic amines is 1. The SMILES string of the molecule is Cc1ccc2[nH]c(C(=O)NCC3CCN3C(=O)c3ccco3)cc2c1. The minimum Gasteiger partial charge on any atom is -0.459 e. The number of carbonyl (C=O) groups is 2. The van der Waals surface area contributed by atoms with Crippen LogP contribution in [0.1, 0.15) is 33.0 Å². The Labute approximate surface area is 144 Å². The van der Waals surface area contributed by atoms with Crippen molar-refractivity contribution in [2.24, 2.45) is 0 Å². The van der Waals surface area contributed by atoms with Crippen LogP contribution in [0.5, 0.6) is 0 Å². The van der Waals surface area contributed by atoms with E-state index in [0.717, 1.165) is 22.9 Å². The van der Waals surface area contributed by atoms with Gasteiger partial charge in [-0.25, -0.2) is 0 Å². The number of fused-ring (bicyclic) bond motifs is 1. The van der Waals surface area contributed by atoms with Crippen molar-refractivity contribution in [1.82, 2.24) is 15.2 Å². The number of furan rings is 1. The van der Waals surface area contributed by atoms with E-state index in [1.165, 1.54) is 6.26 Å². The third-order valence-electron chi connectivity index (χ3n) is 4.66. The molecule has 0 radical (unpaired) electrons. The van der Waals surface area contributed by atoms with Gasteiger partial charge in [0.2, 0.25) is 0 Å². The summed E-state index contributed by atoms with van der Waals surface area (Å²) >= 11 is 0. The second-order valence-corrected chi connectivity index (χ2v) is 6.40. The third kappa shape index (κ3) is 2.91. The van der Waals surface area contributed by atoms with Gasteiger partial charge in [0.1, 0.15) is 5.69 Å². The molecule has 1 fully saturated rings. The van der Waals surface area contributed by atoms with Crippen molar-refractivity contribution in [3.63, 3.8) is 0 Å². The van der Waals surface area contributed by atoms with Crippen molar-refractivity contribution < 1.29 is 14.0 Å². The van der Waals surface area contributed by atoms with E-state index < -0.39 is 0 Å². The van der Waals surface area contributed by atoms with Gasteiger partial charge in [-0.1, -0.05) is 11.6 Å². The van der Waals surface area contributed by atoms with Gasteiger partial charge in [-0.05, 0) is 43.7 Å². The first-order valence-electron chi connectivity index (χ1n) is 8.34. The number of benzene rings is 1. The second-order valence-electron chi connectivity index (χ2n) is 6.40. The van der Waals surface area contributed by atoms with Crippen LogP contribution in [-0.4, -0.2) is 40.8 Å². The number of aryl methyl sites for hydroxylation is 1. The zero-order valence-electron chi connectivity index (χ0n) is 13.9. The zero-order chi connectivity index (χ0) is 17.4. The monoisotopic (exact) mass is 337 g/mol. The summed E-state index contributed by atoms with van der Waals surface area (Å²) in [6.07, 6.45) is 2.36. The van der Waals surface area contributed by atoms with Gasteiger partial charge in [-0.3, -0.25) is 9.59 Å². The number of amides is 2. The zero-order valence-corrected chi connectivity index (χ0v) is 13.9. The van der Waals surface area contributed by atoms with Crippen LogP contribution < -0.4 is 5.32 Å². The van der Waals surface area contributed by atoms with E-state index in [4.69, 9.17) is 4.42 Å². The van der Waals surface area contributed by atoms with E-state index in [1.807, 2.05) is 31.2 Å². The lowest BCUT2D eigenvalue weighted by molar-refractivity contribution is 0.0424. The fourth-order valence-corrected chi connectivity index (χ4v) is 3.14. The van der Waals surface area contributed by atoms with Gasteiger partial charge in [-0.15, -0.1) is 0 Å². The van der Waals surface area contributed by atoms with Crippen LogP contribution in [0.4, 0.5) is 0 Å². The van der Waals surface area contributed by atoms with Crippen molar-refractivity contribution in [2.75, 3.05) is 13.1 Å². The Morgan fingerprint density at radius 2 is 2.20 bits per heavy atom. The highest BCUT2D eigenvalue weighted by Gasteiger charge is 2.34. The molecule has 1 aromatic carbocycles. The van der Waals surface area contributed by atoms with Crippen molar-refractivity contribution in [3.05, 3.63) is 59.7 Å². The molecule has 6 heteroatoms. The summed E-state index contributed by atoms with van der Waals surface area (Å²) in [6, 6.07) is 11.2. The van der Waals surface area contributed by atoms with Gasteiger partial charge in [0, 0.05) is 24.0 Å². The van der Waals surface area contributed by atoms with E-state index in [2.05, 4.69) is 10.3 Å². The highest BCUT2D eigenvalue weighted by atomic mass is 16.3. The molecule has 2 amide bonds. The molecule has 3 heterocycles. The molecule has 25 heavy (non-hydrogen) atoms. The molecule has 6 nitrogen and oxygen atoms in total. The Morgan fingerprint density at radius 1 is 1.32 bits per heavy atom. The van der Waals surface area contributed by atoms with Crippen LogP contribution in [0.2, 0.25) is 0 Å². The number of hydrogen-bond acceptors (Lipinski definition) is 3. The lowest BCUT2D eigenvalue weighted by atomic mass is 10.0. The van der Waals surface area contributed by atoms with Crippen molar-refractivity contribution >= 4 is 22.7 Å². The molecular formula is C19H19N3O3. The summed E-state index contributed by atoms with van der Waals surface area (Å²) in [5, 5.41) is 3.93. The molecule has 2 N–H and O–H groups in total. The predicted octanol–water partition coefficient (Wildman–Crippen LogP) is 2.71. The standard InChI is InChI=1S/C19H19N3O3/c1-12-4-5-15-13(9-12)10-16(21-15)18(23)20-11-14-6-7-22(14)19(24)17-3-2-8-25-17/h2-5,8-10,14,21H,6-7,11H2,1H3,(H,20,23). The maximum Gasteiger partial charge on any atom is 0.289 e. The van der Waals surface area contributed by atoms with Crippen LogP contribution in [0.25, 0.3) is 10.9 Å². The maximum atomic E-state index is 12.4. The van der Waals surface area contributed by atoms with Gasteiger partial charge in [0.15, 0.2) is 5.76 Å². The predicted molar refractivity (Wildman–Crippen MR) is 93.5 cm³/mol. The van der Waals surface area contributed by atoms with E-state index in [-0.39, 0.29) is 17.9 Å². The summed E-state index contributed by atoms with van der Waals surface area (Å²) in [5.41, 5.74) is 2.62. The maximum absolute atomic E-state index is 12.4. The van der Waals surface area contributed by atoms with Crippen LogP contribution in [-0.2, 0) is 0 Å². The normalized spacial score (nSPS) is 16.7. The van der Waals surface area contributed by atoms with Gasteiger partial charge >= 0.3 is 0 Å². The number of hydrogen-bond donors (Lipinski definition) is 2. The molecule has 0 saturated carbocycles. The van der Waals surface area contributed by atoms with E-state index in [1.54, 1.807) is 17.0 Å². The molecule has 1 saturated heterocycles. The highest BCUT2D eigenvalue weighted by Crippen LogP contribution is 2.21. The Bertz CT molecular complexity index is 927. The van der Waals surface area contributed by atoms with Crippen molar-refractivity contribution in [1.29, 1.82) is 0 Å². The highest BCUT2D eigenvalue weighted by molar-refractivity contribution is 5.98. The molecule has 0 aliphatic carbocycles. The van der Waals surface area contributed by atoms with E-state index >= 15 is 0 Å². The number of carbonyl (C=O) groups excluding carboxylic acids is 2. The smallest absolute Gasteiger partial charge is 0.289 e. The summed E-state index contributed by atoms with van der Waals surface area (Å²) in [5.74, 6) is 0.0461. The summed E-state index contributed by atoms with van der Waals surface area (Å²) < 4.78 is 5.16. The lowest BCUT2D eigenvalue weighted by Crippen LogP contribution is -2.55. The lowest BCUT2D eigenvalue weighted by Gasteiger charge is -2.40. The number of nitrogens with zero attached hydrogens (tertiary/aromatic N) is 1. The first-order chi connectivity index (χ1) is 12.1. The molecule has 128 valence electrons. The Kier molecular flexibility index (Phi) is 3.80. The molecule has 1 unspecified atom stereocenters. The summed E-state index contributed by atoms with van der Waals surface area (Å²) in [4.78, 5) is 29.5. The number of rotatable bonds is 4. The number of aromatic nitrogens is 1. The number of likely N-dealkylation sites (tertiary alicyclic amines) is 1. The second kappa shape index (κ2) is 6.12.